The van der Waals surface area contributed by atoms with Gasteiger partial charge in [-0.05, 0) is 61.1 Å². The third kappa shape index (κ3) is 3.11. The van der Waals surface area contributed by atoms with E-state index < -0.39 is 23.3 Å². The number of carboxylic acids is 1. The van der Waals surface area contributed by atoms with Gasteiger partial charge in [0.25, 0.3) is 5.56 Å². The van der Waals surface area contributed by atoms with Gasteiger partial charge >= 0.3 is 11.7 Å². The Morgan fingerprint density at radius 2 is 2.03 bits per heavy atom. The zero-order valence-corrected chi connectivity index (χ0v) is 17.6. The molecule has 1 atom stereocenters. The summed E-state index contributed by atoms with van der Waals surface area (Å²) in [5, 5.41) is 10.5. The summed E-state index contributed by atoms with van der Waals surface area (Å²) in [5.74, 6) is -1.23. The molecule has 3 heterocycles. The number of pyridine rings is 1. The molecule has 0 aliphatic carbocycles. The topological polar surface area (TPSA) is 107 Å². The highest BCUT2D eigenvalue weighted by molar-refractivity contribution is 7.13. The predicted octanol–water partition coefficient (Wildman–Crippen LogP) is 2.87. The number of fused-ring (bicyclic) bond motifs is 2. The fourth-order valence-electron chi connectivity index (χ4n) is 3.89. The van der Waals surface area contributed by atoms with E-state index in [0.29, 0.717) is 11.2 Å². The van der Waals surface area contributed by atoms with E-state index in [2.05, 4.69) is 15.4 Å². The highest BCUT2D eigenvalue weighted by Gasteiger charge is 2.25. The number of hydrogen-bond donors (Lipinski definition) is 1. The van der Waals surface area contributed by atoms with Crippen molar-refractivity contribution in [3.63, 3.8) is 0 Å². The maximum absolute atomic E-state index is 13.3. The van der Waals surface area contributed by atoms with Gasteiger partial charge in [-0.2, -0.15) is 4.37 Å². The third-order valence-corrected chi connectivity index (χ3v) is 6.04. The molecular formula is C21H20N4O4S. The molecule has 0 saturated heterocycles. The molecule has 0 aliphatic rings. The van der Waals surface area contributed by atoms with Crippen molar-refractivity contribution < 1.29 is 9.90 Å². The molecule has 3 aromatic heterocycles. The number of aryl methyl sites for hydroxylation is 2. The van der Waals surface area contributed by atoms with Crippen molar-refractivity contribution in [2.45, 2.75) is 39.8 Å². The van der Waals surface area contributed by atoms with Gasteiger partial charge in [0.05, 0.1) is 22.5 Å². The highest BCUT2D eigenvalue weighted by atomic mass is 32.1. The Hall–Kier alpha value is -3.33. The molecule has 0 aliphatic heterocycles. The molecule has 0 unspecified atom stereocenters. The maximum atomic E-state index is 13.3. The molecule has 30 heavy (non-hydrogen) atoms. The average Bonchev–Trinajstić information content (AvgIpc) is 3.10. The molecular weight excluding hydrogens is 404 g/mol. The summed E-state index contributed by atoms with van der Waals surface area (Å²) in [5.41, 5.74) is 1.92. The van der Waals surface area contributed by atoms with E-state index in [9.17, 15) is 19.5 Å². The number of nitrogens with zero attached hydrogens (tertiary/aromatic N) is 4. The van der Waals surface area contributed by atoms with Gasteiger partial charge in [-0.3, -0.25) is 9.36 Å². The second-order valence-electron chi connectivity index (χ2n) is 7.26. The zero-order valence-electron chi connectivity index (χ0n) is 16.7. The average molecular weight is 424 g/mol. The Balaban J connectivity index is 2.01. The Bertz CT molecular complexity index is 1420. The van der Waals surface area contributed by atoms with Gasteiger partial charge < -0.3 is 5.11 Å². The molecule has 4 aromatic rings. The summed E-state index contributed by atoms with van der Waals surface area (Å²) >= 11 is 1.35. The van der Waals surface area contributed by atoms with Crippen molar-refractivity contribution in [2.24, 2.45) is 0 Å². The van der Waals surface area contributed by atoms with Crippen LogP contribution in [0.2, 0.25) is 0 Å². The highest BCUT2D eigenvalue weighted by Crippen LogP contribution is 2.28. The van der Waals surface area contributed by atoms with Gasteiger partial charge in [-0.1, -0.05) is 13.0 Å². The molecule has 0 spiro atoms. The SMILES string of the molecule is CC[C@@H](C(=O)O)n1c(=O)c2ncccc2n(Cc2nsc3cc(C)cc(C)c23)c1=O. The van der Waals surface area contributed by atoms with E-state index in [1.54, 1.807) is 19.1 Å². The van der Waals surface area contributed by atoms with Crippen LogP contribution in [-0.2, 0) is 11.3 Å². The molecule has 0 bridgehead atoms. The van der Waals surface area contributed by atoms with Crippen LogP contribution < -0.4 is 11.2 Å². The maximum Gasteiger partial charge on any atom is 0.332 e. The van der Waals surface area contributed by atoms with Crippen LogP contribution in [0.1, 0.15) is 36.2 Å². The molecule has 8 nitrogen and oxygen atoms in total. The standard InChI is InChI=1S/C21H20N4O4S/c1-4-14(20(27)28)25-19(26)18-15(6-5-7-22-18)24(21(25)29)10-13-17-12(3)8-11(2)9-16(17)30-23-13/h5-9,14H,4,10H2,1-3H3,(H,27,28)/t14-/m0/s1. The third-order valence-electron chi connectivity index (χ3n) is 5.21. The molecule has 1 aromatic carbocycles. The van der Waals surface area contributed by atoms with Crippen molar-refractivity contribution in [3.05, 3.63) is 68.1 Å². The Morgan fingerprint density at radius 3 is 2.73 bits per heavy atom. The number of benzene rings is 1. The molecule has 9 heteroatoms. The first kappa shape index (κ1) is 20.0. The first-order valence-corrected chi connectivity index (χ1v) is 10.3. The predicted molar refractivity (Wildman–Crippen MR) is 115 cm³/mol. The second kappa shape index (κ2) is 7.49. The minimum Gasteiger partial charge on any atom is -0.480 e. The van der Waals surface area contributed by atoms with E-state index in [1.807, 2.05) is 19.9 Å². The van der Waals surface area contributed by atoms with Gasteiger partial charge in [0, 0.05) is 11.6 Å². The van der Waals surface area contributed by atoms with Crippen molar-refractivity contribution >= 4 is 38.6 Å². The van der Waals surface area contributed by atoms with E-state index in [0.717, 1.165) is 25.8 Å². The van der Waals surface area contributed by atoms with Crippen LogP contribution >= 0.6 is 11.5 Å². The lowest BCUT2D eigenvalue weighted by Crippen LogP contribution is -2.44. The van der Waals surface area contributed by atoms with Crippen LogP contribution in [0.3, 0.4) is 0 Å². The summed E-state index contributed by atoms with van der Waals surface area (Å²) in [6.07, 6.45) is 1.55. The quantitative estimate of drug-likeness (QED) is 0.528. The first-order valence-electron chi connectivity index (χ1n) is 9.51. The van der Waals surface area contributed by atoms with Gasteiger partial charge in [0.1, 0.15) is 6.04 Å². The van der Waals surface area contributed by atoms with Gasteiger partial charge in [-0.15, -0.1) is 0 Å². The van der Waals surface area contributed by atoms with Crippen LogP contribution in [0, 0.1) is 13.8 Å². The van der Waals surface area contributed by atoms with E-state index in [-0.39, 0.29) is 18.5 Å². The Morgan fingerprint density at radius 1 is 1.27 bits per heavy atom. The summed E-state index contributed by atoms with van der Waals surface area (Å²) in [6, 6.07) is 6.12. The van der Waals surface area contributed by atoms with Crippen LogP contribution in [0.4, 0.5) is 0 Å². The molecule has 0 fully saturated rings. The van der Waals surface area contributed by atoms with E-state index in [1.165, 1.54) is 22.3 Å². The van der Waals surface area contributed by atoms with Gasteiger partial charge in [0.15, 0.2) is 5.52 Å². The number of aliphatic carboxylic acids is 1. The number of aromatic nitrogens is 4. The summed E-state index contributed by atoms with van der Waals surface area (Å²) < 4.78 is 7.75. The number of carbonyl (C=O) groups is 1. The second-order valence-corrected chi connectivity index (χ2v) is 8.07. The van der Waals surface area contributed by atoms with Crippen molar-refractivity contribution in [3.8, 4) is 0 Å². The van der Waals surface area contributed by atoms with Crippen LogP contribution in [0.5, 0.6) is 0 Å². The molecule has 154 valence electrons. The summed E-state index contributed by atoms with van der Waals surface area (Å²) in [7, 11) is 0. The van der Waals surface area contributed by atoms with Gasteiger partial charge in [-0.25, -0.2) is 19.1 Å². The minimum atomic E-state index is -1.26. The van der Waals surface area contributed by atoms with E-state index >= 15 is 0 Å². The Kier molecular flexibility index (Phi) is 4.98. The molecule has 0 amide bonds. The molecule has 0 radical (unpaired) electrons. The number of rotatable bonds is 5. The first-order chi connectivity index (χ1) is 14.3. The minimum absolute atomic E-state index is 0.0592. The van der Waals surface area contributed by atoms with Crippen molar-refractivity contribution in [1.29, 1.82) is 0 Å². The summed E-state index contributed by atoms with van der Waals surface area (Å²) in [6.45, 7) is 5.74. The van der Waals surface area contributed by atoms with E-state index in [4.69, 9.17) is 0 Å². The molecule has 1 N–H and O–H groups in total. The lowest BCUT2D eigenvalue weighted by Gasteiger charge is -2.17. The fourth-order valence-corrected chi connectivity index (χ4v) is 4.85. The largest absolute Gasteiger partial charge is 0.480 e. The monoisotopic (exact) mass is 424 g/mol. The lowest BCUT2D eigenvalue weighted by atomic mass is 10.1. The molecule has 4 rings (SSSR count). The van der Waals surface area contributed by atoms with Crippen LogP contribution in [0.25, 0.3) is 21.1 Å². The summed E-state index contributed by atoms with van der Waals surface area (Å²) in [4.78, 5) is 42.1. The fraction of sp³-hybridized carbons (Fsp3) is 0.286. The van der Waals surface area contributed by atoms with Crippen LogP contribution in [0.15, 0.2) is 40.1 Å². The van der Waals surface area contributed by atoms with Crippen LogP contribution in [-0.4, -0.2) is 29.6 Å². The zero-order chi connectivity index (χ0) is 21.6. The Labute approximate surface area is 175 Å². The normalized spacial score (nSPS) is 12.5. The lowest BCUT2D eigenvalue weighted by molar-refractivity contribution is -0.141. The van der Waals surface area contributed by atoms with Crippen molar-refractivity contribution in [1.82, 2.24) is 18.5 Å². The number of carboxylic acid groups (broad SMARTS) is 1. The smallest absolute Gasteiger partial charge is 0.332 e. The van der Waals surface area contributed by atoms with Gasteiger partial charge in [0.2, 0.25) is 0 Å². The van der Waals surface area contributed by atoms with Crippen molar-refractivity contribution in [2.75, 3.05) is 0 Å². The molecule has 0 saturated carbocycles. The number of hydrogen-bond acceptors (Lipinski definition) is 6.